The van der Waals surface area contributed by atoms with Gasteiger partial charge in [-0.05, 0) is 40.5 Å². The Morgan fingerprint density at radius 2 is 2.03 bits per heavy atom. The summed E-state index contributed by atoms with van der Waals surface area (Å²) in [5, 5.41) is 2.72. The first-order chi connectivity index (χ1) is 14.5. The third-order valence-electron chi connectivity index (χ3n) is 4.69. The lowest BCUT2D eigenvalue weighted by Gasteiger charge is -2.34. The maximum atomic E-state index is 13.1. The Kier molecular flexibility index (Phi) is 10.1. The van der Waals surface area contributed by atoms with Crippen LogP contribution in [0.3, 0.4) is 0 Å². The maximum Gasteiger partial charge on any atom is 0.308 e. The van der Waals surface area contributed by atoms with Crippen LogP contribution in [0.4, 0.5) is 0 Å². The van der Waals surface area contributed by atoms with Crippen molar-refractivity contribution in [2.45, 2.75) is 38.6 Å². The molecule has 0 bridgehead atoms. The Hall–Kier alpha value is -2.13. The molecule has 1 aliphatic rings. The van der Waals surface area contributed by atoms with Crippen molar-refractivity contribution in [2.75, 3.05) is 40.0 Å². The molecular formula is C21H29BrN2O6. The van der Waals surface area contributed by atoms with Crippen molar-refractivity contribution in [1.82, 2.24) is 10.2 Å². The van der Waals surface area contributed by atoms with Gasteiger partial charge in [0.25, 0.3) is 5.91 Å². The average molecular weight is 485 g/mol. The minimum Gasteiger partial charge on any atom is -0.490 e. The zero-order chi connectivity index (χ0) is 21.9. The largest absolute Gasteiger partial charge is 0.490 e. The minimum absolute atomic E-state index is 0.164. The number of halogens is 1. The van der Waals surface area contributed by atoms with E-state index in [1.54, 1.807) is 25.3 Å². The summed E-state index contributed by atoms with van der Waals surface area (Å²) >= 11 is 3.41. The number of piperazine rings is 1. The molecule has 2 amide bonds. The molecule has 1 fully saturated rings. The molecule has 1 saturated heterocycles. The molecule has 166 valence electrons. The van der Waals surface area contributed by atoms with Gasteiger partial charge in [-0.1, -0.05) is 19.8 Å². The molecule has 0 spiro atoms. The summed E-state index contributed by atoms with van der Waals surface area (Å²) in [5.41, 5.74) is 0.400. The van der Waals surface area contributed by atoms with Crippen LogP contribution < -0.4 is 10.1 Å². The summed E-state index contributed by atoms with van der Waals surface area (Å²) in [6.45, 7) is 3.89. The SMILES string of the molecule is CCCCCOC(=O)CC1C(=O)NCCN1C(=O)c1ccc(OCCOC)c(Br)c1. The summed E-state index contributed by atoms with van der Waals surface area (Å²) in [7, 11) is 1.59. The van der Waals surface area contributed by atoms with Crippen LogP contribution in [0.5, 0.6) is 5.75 Å². The van der Waals surface area contributed by atoms with E-state index in [2.05, 4.69) is 28.2 Å². The number of esters is 1. The van der Waals surface area contributed by atoms with E-state index in [1.807, 2.05) is 0 Å². The van der Waals surface area contributed by atoms with Gasteiger partial charge in [-0.2, -0.15) is 0 Å². The number of hydrogen-bond acceptors (Lipinski definition) is 6. The van der Waals surface area contributed by atoms with Gasteiger partial charge in [-0.15, -0.1) is 0 Å². The molecule has 1 unspecified atom stereocenters. The third-order valence-corrected chi connectivity index (χ3v) is 5.31. The molecule has 1 aromatic rings. The third kappa shape index (κ3) is 6.98. The summed E-state index contributed by atoms with van der Waals surface area (Å²) < 4.78 is 16.4. The Morgan fingerprint density at radius 1 is 1.23 bits per heavy atom. The highest BCUT2D eigenvalue weighted by atomic mass is 79.9. The van der Waals surface area contributed by atoms with Crippen LogP contribution in [0.2, 0.25) is 0 Å². The molecule has 1 aliphatic heterocycles. The van der Waals surface area contributed by atoms with E-state index in [1.165, 1.54) is 4.90 Å². The predicted octanol–water partition coefficient (Wildman–Crippen LogP) is 2.54. The van der Waals surface area contributed by atoms with Gasteiger partial charge in [0.2, 0.25) is 5.91 Å². The van der Waals surface area contributed by atoms with Crippen molar-refractivity contribution in [2.24, 2.45) is 0 Å². The van der Waals surface area contributed by atoms with Crippen LogP contribution in [0.15, 0.2) is 22.7 Å². The van der Waals surface area contributed by atoms with Crippen molar-refractivity contribution in [3.8, 4) is 5.75 Å². The number of unbranched alkanes of at least 4 members (excludes halogenated alkanes) is 2. The number of carbonyl (C=O) groups excluding carboxylic acids is 3. The normalized spacial score (nSPS) is 16.2. The van der Waals surface area contributed by atoms with Crippen LogP contribution >= 0.6 is 15.9 Å². The fraction of sp³-hybridized carbons (Fsp3) is 0.571. The van der Waals surface area contributed by atoms with Crippen LogP contribution in [-0.2, 0) is 19.1 Å². The second-order valence-corrected chi connectivity index (χ2v) is 7.78. The lowest BCUT2D eigenvalue weighted by atomic mass is 10.1. The first kappa shape index (κ1) is 24.1. The highest BCUT2D eigenvalue weighted by Crippen LogP contribution is 2.27. The fourth-order valence-electron chi connectivity index (χ4n) is 3.07. The topological polar surface area (TPSA) is 94.2 Å². The molecule has 1 N–H and O–H groups in total. The van der Waals surface area contributed by atoms with Crippen molar-refractivity contribution in [1.29, 1.82) is 0 Å². The number of methoxy groups -OCH3 is 1. The average Bonchev–Trinajstić information content (AvgIpc) is 2.73. The first-order valence-corrected chi connectivity index (χ1v) is 10.9. The van der Waals surface area contributed by atoms with Gasteiger partial charge in [0.15, 0.2) is 0 Å². The molecule has 0 saturated carbocycles. The number of hydrogen-bond donors (Lipinski definition) is 1. The molecule has 1 aromatic carbocycles. The first-order valence-electron chi connectivity index (χ1n) is 10.1. The van der Waals surface area contributed by atoms with E-state index in [0.717, 1.165) is 19.3 Å². The highest BCUT2D eigenvalue weighted by molar-refractivity contribution is 9.10. The predicted molar refractivity (Wildman–Crippen MR) is 114 cm³/mol. The lowest BCUT2D eigenvalue weighted by Crippen LogP contribution is -2.57. The van der Waals surface area contributed by atoms with Crippen molar-refractivity contribution in [3.05, 3.63) is 28.2 Å². The molecule has 8 nitrogen and oxygen atoms in total. The number of nitrogens with one attached hydrogen (secondary N) is 1. The van der Waals surface area contributed by atoms with Crippen LogP contribution in [0, 0.1) is 0 Å². The highest BCUT2D eigenvalue weighted by Gasteiger charge is 2.35. The van der Waals surface area contributed by atoms with Gasteiger partial charge in [0, 0.05) is 25.8 Å². The van der Waals surface area contributed by atoms with Crippen molar-refractivity contribution >= 4 is 33.7 Å². The molecule has 9 heteroatoms. The molecular weight excluding hydrogens is 456 g/mol. The minimum atomic E-state index is -0.888. The Bertz CT molecular complexity index is 742. The van der Waals surface area contributed by atoms with Gasteiger partial charge >= 0.3 is 5.97 Å². The van der Waals surface area contributed by atoms with Gasteiger partial charge < -0.3 is 24.4 Å². The van der Waals surface area contributed by atoms with Gasteiger partial charge in [0.05, 0.1) is 24.1 Å². The van der Waals surface area contributed by atoms with E-state index >= 15 is 0 Å². The Balaban J connectivity index is 2.05. The number of ether oxygens (including phenoxy) is 3. The number of nitrogens with zero attached hydrogens (tertiary/aromatic N) is 1. The molecule has 0 aliphatic carbocycles. The molecule has 0 aromatic heterocycles. The number of benzene rings is 1. The standard InChI is InChI=1S/C21H29BrN2O6/c1-3-4-5-10-30-19(25)14-17-20(26)23-8-9-24(17)21(27)15-6-7-18(16(22)13-15)29-12-11-28-2/h6-7,13,17H,3-5,8-12,14H2,1-2H3,(H,23,26). The van der Waals surface area contributed by atoms with E-state index < -0.39 is 12.0 Å². The summed E-state index contributed by atoms with van der Waals surface area (Å²) in [4.78, 5) is 39.0. The van der Waals surface area contributed by atoms with Gasteiger partial charge in [0.1, 0.15) is 18.4 Å². The lowest BCUT2D eigenvalue weighted by molar-refractivity contribution is -0.147. The monoisotopic (exact) mass is 484 g/mol. The Morgan fingerprint density at radius 3 is 2.73 bits per heavy atom. The van der Waals surface area contributed by atoms with Crippen molar-refractivity contribution < 1.29 is 28.6 Å². The van der Waals surface area contributed by atoms with E-state index in [0.29, 0.717) is 48.7 Å². The summed E-state index contributed by atoms with van der Waals surface area (Å²) in [6.07, 6.45) is 2.62. The quantitative estimate of drug-likeness (QED) is 0.383. The maximum absolute atomic E-state index is 13.1. The molecule has 1 atom stereocenters. The molecule has 1 heterocycles. The second kappa shape index (κ2) is 12.5. The van der Waals surface area contributed by atoms with Crippen LogP contribution in [0.1, 0.15) is 43.0 Å². The van der Waals surface area contributed by atoms with E-state index in [4.69, 9.17) is 14.2 Å². The zero-order valence-corrected chi connectivity index (χ0v) is 19.0. The molecule has 0 radical (unpaired) electrons. The van der Waals surface area contributed by atoms with Gasteiger partial charge in [-0.3, -0.25) is 14.4 Å². The molecule has 2 rings (SSSR count). The zero-order valence-electron chi connectivity index (χ0n) is 17.4. The van der Waals surface area contributed by atoms with E-state index in [-0.39, 0.29) is 18.2 Å². The van der Waals surface area contributed by atoms with E-state index in [9.17, 15) is 14.4 Å². The summed E-state index contributed by atoms with van der Waals surface area (Å²) in [6, 6.07) is 4.09. The summed E-state index contributed by atoms with van der Waals surface area (Å²) in [5.74, 6) is -0.558. The van der Waals surface area contributed by atoms with Gasteiger partial charge in [-0.25, -0.2) is 0 Å². The molecule has 30 heavy (non-hydrogen) atoms. The van der Waals surface area contributed by atoms with Crippen molar-refractivity contribution in [3.63, 3.8) is 0 Å². The fourth-order valence-corrected chi connectivity index (χ4v) is 3.56. The second-order valence-electron chi connectivity index (χ2n) is 6.92. The van der Waals surface area contributed by atoms with Crippen LogP contribution in [-0.4, -0.2) is 68.7 Å². The van der Waals surface area contributed by atoms with Crippen LogP contribution in [0.25, 0.3) is 0 Å². The Labute approximate surface area is 185 Å². The number of carbonyl (C=O) groups is 3. The number of amides is 2. The smallest absolute Gasteiger partial charge is 0.308 e. The number of rotatable bonds is 11.